The molecule has 0 radical (unpaired) electrons. The SMILES string of the molecule is Cn1cc(-c2cc(CCN[SH](=O)=O)ccc2Oc2ccc(F)cc2F)c(NCC2CC2)cc1=O. The minimum atomic E-state index is -2.71. The fourth-order valence-electron chi connectivity index (χ4n) is 3.57. The first kappa shape index (κ1) is 23.9. The van der Waals surface area contributed by atoms with Gasteiger partial charge in [0.15, 0.2) is 11.6 Å². The Morgan fingerprint density at radius 1 is 1.06 bits per heavy atom. The zero-order valence-electron chi connectivity index (χ0n) is 18.5. The Balaban J connectivity index is 1.77. The average molecular weight is 490 g/mol. The summed E-state index contributed by atoms with van der Waals surface area (Å²) in [6.45, 7) is 0.939. The van der Waals surface area contributed by atoms with Crippen molar-refractivity contribution in [3.05, 3.63) is 76.2 Å². The molecule has 0 atom stereocenters. The molecule has 1 aliphatic carbocycles. The van der Waals surface area contributed by atoms with Gasteiger partial charge in [-0.25, -0.2) is 21.9 Å². The van der Waals surface area contributed by atoms with Crippen LogP contribution < -0.4 is 20.3 Å². The molecule has 0 aliphatic heterocycles. The number of aromatic nitrogens is 1. The zero-order chi connectivity index (χ0) is 24.2. The van der Waals surface area contributed by atoms with E-state index >= 15 is 0 Å². The Kier molecular flexibility index (Phi) is 7.28. The van der Waals surface area contributed by atoms with Crippen LogP contribution in [-0.2, 0) is 24.4 Å². The van der Waals surface area contributed by atoms with E-state index in [2.05, 4.69) is 10.0 Å². The van der Waals surface area contributed by atoms with E-state index in [-0.39, 0.29) is 17.9 Å². The van der Waals surface area contributed by atoms with Gasteiger partial charge in [0.2, 0.25) is 10.9 Å². The highest BCUT2D eigenvalue weighted by Gasteiger charge is 2.22. The summed E-state index contributed by atoms with van der Waals surface area (Å²) in [5.74, 6) is -0.823. The standard InChI is InChI=1S/C24H25F2N3O4S/c1-29-14-19(21(12-24(29)30)27-13-16-2-3-16)18-10-15(8-9-28-34(31)32)4-6-22(18)33-23-7-5-17(25)11-20(23)26/h4-7,10-12,14,16,27,34H,2-3,8-9,13H2,1H3,(H,28,31,32). The lowest BCUT2D eigenvalue weighted by atomic mass is 10.00. The fourth-order valence-corrected chi connectivity index (χ4v) is 3.86. The molecule has 1 aromatic heterocycles. The van der Waals surface area contributed by atoms with Crippen LogP contribution in [0, 0.1) is 17.6 Å². The van der Waals surface area contributed by atoms with E-state index in [1.165, 1.54) is 16.7 Å². The minimum absolute atomic E-state index is 0.141. The number of hydrogen-bond donors (Lipinski definition) is 3. The van der Waals surface area contributed by atoms with Crippen LogP contribution in [0.2, 0.25) is 0 Å². The Morgan fingerprint density at radius 2 is 1.82 bits per heavy atom. The number of nitrogens with one attached hydrogen (secondary N) is 2. The first-order valence-electron chi connectivity index (χ1n) is 10.9. The maximum absolute atomic E-state index is 14.3. The lowest BCUT2D eigenvalue weighted by Crippen LogP contribution is -2.18. The van der Waals surface area contributed by atoms with Crippen LogP contribution in [-0.4, -0.2) is 26.1 Å². The normalized spacial score (nSPS) is 13.3. The predicted octanol–water partition coefficient (Wildman–Crippen LogP) is 3.60. The molecule has 3 aromatic rings. The third-order valence-electron chi connectivity index (χ3n) is 5.61. The van der Waals surface area contributed by atoms with Gasteiger partial charge in [-0.15, -0.1) is 0 Å². The summed E-state index contributed by atoms with van der Waals surface area (Å²) < 4.78 is 59.0. The summed E-state index contributed by atoms with van der Waals surface area (Å²) in [5.41, 5.74) is 2.51. The molecular weight excluding hydrogens is 464 g/mol. The number of ether oxygens (including phenoxy) is 1. The van der Waals surface area contributed by atoms with Crippen LogP contribution in [0.15, 0.2) is 53.5 Å². The smallest absolute Gasteiger partial charge is 0.252 e. The van der Waals surface area contributed by atoms with Gasteiger partial charge in [-0.05, 0) is 55.0 Å². The summed E-state index contributed by atoms with van der Waals surface area (Å²) in [4.78, 5) is 12.3. The molecule has 1 saturated carbocycles. The van der Waals surface area contributed by atoms with E-state index in [1.807, 2.05) is 6.07 Å². The molecule has 7 nitrogen and oxygen atoms in total. The molecule has 1 heterocycles. The number of aryl methyl sites for hydroxylation is 1. The number of pyridine rings is 1. The molecule has 0 spiro atoms. The molecule has 0 amide bonds. The monoisotopic (exact) mass is 489 g/mol. The third kappa shape index (κ3) is 6.00. The van der Waals surface area contributed by atoms with Gasteiger partial charge in [-0.3, -0.25) is 4.79 Å². The molecule has 10 heteroatoms. The maximum Gasteiger partial charge on any atom is 0.252 e. The first-order valence-corrected chi connectivity index (χ1v) is 12.1. The highest BCUT2D eigenvalue weighted by Crippen LogP contribution is 2.39. The number of nitrogens with zero attached hydrogens (tertiary/aromatic N) is 1. The lowest BCUT2D eigenvalue weighted by Gasteiger charge is -2.18. The molecule has 1 aliphatic rings. The molecule has 0 saturated heterocycles. The molecule has 4 rings (SSSR count). The highest BCUT2D eigenvalue weighted by atomic mass is 32.2. The molecular formula is C24H25F2N3O4S. The molecule has 0 unspecified atom stereocenters. The van der Waals surface area contributed by atoms with Crippen molar-refractivity contribution in [1.29, 1.82) is 0 Å². The Hall–Kier alpha value is -3.24. The quantitative estimate of drug-likeness (QED) is 0.379. The van der Waals surface area contributed by atoms with Gasteiger partial charge in [0.05, 0.1) is 0 Å². The van der Waals surface area contributed by atoms with Crippen molar-refractivity contribution in [2.45, 2.75) is 19.3 Å². The number of anilines is 1. The van der Waals surface area contributed by atoms with Crippen LogP contribution in [0.4, 0.5) is 14.5 Å². The van der Waals surface area contributed by atoms with Crippen LogP contribution in [0.5, 0.6) is 11.5 Å². The largest absolute Gasteiger partial charge is 0.454 e. The van der Waals surface area contributed by atoms with E-state index in [9.17, 15) is 22.0 Å². The van der Waals surface area contributed by atoms with Crippen LogP contribution >= 0.6 is 0 Å². The fraction of sp³-hybridized carbons (Fsp3) is 0.292. The molecule has 0 bridgehead atoms. The van der Waals surface area contributed by atoms with Gasteiger partial charge in [-0.1, -0.05) is 6.07 Å². The summed E-state index contributed by atoms with van der Waals surface area (Å²) in [6, 6.07) is 9.79. The first-order chi connectivity index (χ1) is 16.3. The predicted molar refractivity (Wildman–Crippen MR) is 127 cm³/mol. The van der Waals surface area contributed by atoms with Crippen molar-refractivity contribution in [2.24, 2.45) is 13.0 Å². The summed E-state index contributed by atoms with van der Waals surface area (Å²) in [5, 5.41) is 3.34. The second-order valence-electron chi connectivity index (χ2n) is 8.30. The number of halogens is 2. The van der Waals surface area contributed by atoms with Gasteiger partial charge < -0.3 is 14.6 Å². The lowest BCUT2D eigenvalue weighted by molar-refractivity contribution is 0.439. The topological polar surface area (TPSA) is 89.4 Å². The molecule has 2 N–H and O–H groups in total. The van der Waals surface area contributed by atoms with Crippen LogP contribution in [0.1, 0.15) is 18.4 Å². The van der Waals surface area contributed by atoms with E-state index in [4.69, 9.17) is 4.74 Å². The van der Waals surface area contributed by atoms with Crippen LogP contribution in [0.25, 0.3) is 11.1 Å². The second-order valence-corrected chi connectivity index (χ2v) is 9.13. The summed E-state index contributed by atoms with van der Waals surface area (Å²) >= 11 is 0. The minimum Gasteiger partial charge on any atom is -0.454 e. The number of benzene rings is 2. The van der Waals surface area contributed by atoms with E-state index in [0.29, 0.717) is 34.9 Å². The Labute approximate surface area is 197 Å². The molecule has 34 heavy (non-hydrogen) atoms. The van der Waals surface area contributed by atoms with E-state index in [0.717, 1.165) is 37.1 Å². The van der Waals surface area contributed by atoms with Gasteiger partial charge in [-0.2, -0.15) is 0 Å². The molecule has 2 aromatic carbocycles. The average Bonchev–Trinajstić information content (AvgIpc) is 3.61. The molecule has 1 fully saturated rings. The maximum atomic E-state index is 14.3. The van der Waals surface area contributed by atoms with Gasteiger partial charge in [0.1, 0.15) is 11.6 Å². The van der Waals surface area contributed by atoms with Crippen molar-refractivity contribution in [3.8, 4) is 22.6 Å². The van der Waals surface area contributed by atoms with Gasteiger partial charge in [0.25, 0.3) is 5.56 Å². The summed E-state index contributed by atoms with van der Waals surface area (Å²) in [7, 11) is -1.07. The van der Waals surface area contributed by atoms with Gasteiger partial charge in [0, 0.05) is 55.3 Å². The Bertz CT molecular complexity index is 1330. The van der Waals surface area contributed by atoms with Gasteiger partial charge >= 0.3 is 0 Å². The van der Waals surface area contributed by atoms with E-state index < -0.39 is 22.5 Å². The van der Waals surface area contributed by atoms with Crippen molar-refractivity contribution in [3.63, 3.8) is 0 Å². The van der Waals surface area contributed by atoms with Crippen molar-refractivity contribution in [2.75, 3.05) is 18.4 Å². The number of thiol groups is 1. The summed E-state index contributed by atoms with van der Waals surface area (Å²) in [6.07, 6.45) is 4.36. The van der Waals surface area contributed by atoms with Crippen molar-refractivity contribution < 1.29 is 21.9 Å². The van der Waals surface area contributed by atoms with Crippen molar-refractivity contribution in [1.82, 2.24) is 9.29 Å². The molecule has 180 valence electrons. The number of rotatable bonds is 10. The second kappa shape index (κ2) is 10.4. The number of hydrogen-bond acceptors (Lipinski definition) is 5. The highest BCUT2D eigenvalue weighted by molar-refractivity contribution is 7.70. The Morgan fingerprint density at radius 3 is 2.53 bits per heavy atom. The van der Waals surface area contributed by atoms with Crippen molar-refractivity contribution >= 4 is 16.6 Å². The van der Waals surface area contributed by atoms with Crippen LogP contribution in [0.3, 0.4) is 0 Å². The third-order valence-corrected chi connectivity index (χ3v) is 6.09. The zero-order valence-corrected chi connectivity index (χ0v) is 19.4. The van der Waals surface area contributed by atoms with E-state index in [1.54, 1.807) is 25.4 Å².